The van der Waals surface area contributed by atoms with Crippen molar-refractivity contribution < 1.29 is 9.90 Å². The highest BCUT2D eigenvalue weighted by atomic mass is 35.5. The fourth-order valence-electron chi connectivity index (χ4n) is 1.98. The van der Waals surface area contributed by atoms with Crippen LogP contribution in [0.1, 0.15) is 27.0 Å². The Labute approximate surface area is 127 Å². The molecule has 0 aliphatic rings. The molecule has 1 aromatic carbocycles. The minimum absolute atomic E-state index is 0.160. The number of carboxylic acid groups (broad SMARTS) is 1. The fourth-order valence-corrected chi connectivity index (χ4v) is 3.09. The second-order valence-corrected chi connectivity index (χ2v) is 5.99. The van der Waals surface area contributed by atoms with Gasteiger partial charge in [0.15, 0.2) is 0 Å². The van der Waals surface area contributed by atoms with Crippen molar-refractivity contribution >= 4 is 29.3 Å². The van der Waals surface area contributed by atoms with E-state index in [9.17, 15) is 4.79 Å². The standard InChI is InChI=1S/C15H14ClNO2S/c1-9-3-10(2)5-11(4-9)8-20-14-7-12(15(18)19)6-13(16)17-14/h3-7H,8H2,1-2H3,(H,18,19). The van der Waals surface area contributed by atoms with E-state index < -0.39 is 5.97 Å². The number of hydrogen-bond donors (Lipinski definition) is 1. The molecule has 2 aromatic rings. The summed E-state index contributed by atoms with van der Waals surface area (Å²) >= 11 is 7.32. The first-order valence-electron chi connectivity index (χ1n) is 6.05. The lowest BCUT2D eigenvalue weighted by Gasteiger charge is -2.06. The Hall–Kier alpha value is -1.52. The van der Waals surface area contributed by atoms with E-state index in [4.69, 9.17) is 16.7 Å². The first kappa shape index (κ1) is 14.9. The number of aromatic carboxylic acids is 1. The molecule has 1 heterocycles. The van der Waals surface area contributed by atoms with E-state index in [1.807, 2.05) is 0 Å². The van der Waals surface area contributed by atoms with E-state index in [-0.39, 0.29) is 10.7 Å². The maximum Gasteiger partial charge on any atom is 0.335 e. The summed E-state index contributed by atoms with van der Waals surface area (Å²) in [6, 6.07) is 9.24. The quantitative estimate of drug-likeness (QED) is 0.674. The summed E-state index contributed by atoms with van der Waals surface area (Å²) in [5, 5.41) is 9.82. The molecule has 3 nitrogen and oxygen atoms in total. The maximum atomic E-state index is 11.0. The minimum atomic E-state index is -0.998. The van der Waals surface area contributed by atoms with Crippen molar-refractivity contribution in [2.45, 2.75) is 24.6 Å². The molecule has 1 N–H and O–H groups in total. The molecule has 0 aliphatic heterocycles. The van der Waals surface area contributed by atoms with Gasteiger partial charge in [-0.3, -0.25) is 0 Å². The predicted octanol–water partition coefficient (Wildman–Crippen LogP) is 4.34. The molecular weight excluding hydrogens is 294 g/mol. The van der Waals surface area contributed by atoms with Crippen molar-refractivity contribution in [3.05, 3.63) is 57.7 Å². The number of benzene rings is 1. The molecular formula is C15H14ClNO2S. The molecule has 5 heteroatoms. The number of thioether (sulfide) groups is 1. The third-order valence-corrected chi connectivity index (χ3v) is 3.86. The Kier molecular flexibility index (Phi) is 4.68. The van der Waals surface area contributed by atoms with Gasteiger partial charge in [-0.05, 0) is 31.5 Å². The average Bonchev–Trinajstić information content (AvgIpc) is 2.34. The predicted molar refractivity (Wildman–Crippen MR) is 81.7 cm³/mol. The van der Waals surface area contributed by atoms with Crippen molar-refractivity contribution in [2.24, 2.45) is 0 Å². The van der Waals surface area contributed by atoms with Gasteiger partial charge in [0, 0.05) is 5.75 Å². The molecule has 0 saturated carbocycles. The molecule has 0 fully saturated rings. The lowest BCUT2D eigenvalue weighted by Crippen LogP contribution is -1.98. The van der Waals surface area contributed by atoms with E-state index in [1.165, 1.54) is 34.5 Å². The highest BCUT2D eigenvalue weighted by molar-refractivity contribution is 7.98. The van der Waals surface area contributed by atoms with Crippen molar-refractivity contribution in [1.29, 1.82) is 0 Å². The van der Waals surface area contributed by atoms with Crippen LogP contribution >= 0.6 is 23.4 Å². The monoisotopic (exact) mass is 307 g/mol. The second-order valence-electron chi connectivity index (χ2n) is 4.61. The molecule has 0 spiro atoms. The topological polar surface area (TPSA) is 50.2 Å². The summed E-state index contributed by atoms with van der Waals surface area (Å²) in [6.07, 6.45) is 0. The first-order valence-corrected chi connectivity index (χ1v) is 7.41. The largest absolute Gasteiger partial charge is 0.478 e. The van der Waals surface area contributed by atoms with Gasteiger partial charge < -0.3 is 5.11 Å². The van der Waals surface area contributed by atoms with E-state index in [1.54, 1.807) is 6.07 Å². The molecule has 0 aliphatic carbocycles. The Morgan fingerprint density at radius 3 is 2.45 bits per heavy atom. The van der Waals surface area contributed by atoms with Gasteiger partial charge in [0.2, 0.25) is 0 Å². The molecule has 0 bridgehead atoms. The Bertz CT molecular complexity index is 638. The molecule has 0 saturated heterocycles. The Morgan fingerprint density at radius 1 is 1.20 bits per heavy atom. The summed E-state index contributed by atoms with van der Waals surface area (Å²) in [7, 11) is 0. The summed E-state index contributed by atoms with van der Waals surface area (Å²) in [4.78, 5) is 15.1. The maximum absolute atomic E-state index is 11.0. The number of halogens is 1. The zero-order valence-electron chi connectivity index (χ0n) is 11.2. The van der Waals surface area contributed by atoms with Crippen LogP contribution in [0.4, 0.5) is 0 Å². The van der Waals surface area contributed by atoms with Crippen LogP contribution in [-0.2, 0) is 5.75 Å². The molecule has 20 heavy (non-hydrogen) atoms. The molecule has 2 rings (SSSR count). The number of rotatable bonds is 4. The number of carbonyl (C=O) groups is 1. The van der Waals surface area contributed by atoms with E-state index >= 15 is 0 Å². The van der Waals surface area contributed by atoms with Crippen molar-refractivity contribution in [2.75, 3.05) is 0 Å². The molecule has 0 amide bonds. The van der Waals surface area contributed by atoms with Crippen LogP contribution in [0.2, 0.25) is 5.15 Å². The lowest BCUT2D eigenvalue weighted by atomic mass is 10.1. The van der Waals surface area contributed by atoms with Crippen molar-refractivity contribution in [3.8, 4) is 0 Å². The highest BCUT2D eigenvalue weighted by Crippen LogP contribution is 2.25. The zero-order valence-corrected chi connectivity index (χ0v) is 12.8. The minimum Gasteiger partial charge on any atom is -0.478 e. The van der Waals surface area contributed by atoms with E-state index in [0.29, 0.717) is 5.03 Å². The number of aryl methyl sites for hydroxylation is 2. The third-order valence-electron chi connectivity index (χ3n) is 2.69. The van der Waals surface area contributed by atoms with Crippen LogP contribution in [0.3, 0.4) is 0 Å². The van der Waals surface area contributed by atoms with Crippen LogP contribution < -0.4 is 0 Å². The number of pyridine rings is 1. The summed E-state index contributed by atoms with van der Waals surface area (Å²) in [5.74, 6) is -0.267. The van der Waals surface area contributed by atoms with Crippen LogP contribution in [0.15, 0.2) is 35.4 Å². The van der Waals surface area contributed by atoms with Gasteiger partial charge in [-0.1, -0.05) is 40.9 Å². The van der Waals surface area contributed by atoms with Crippen LogP contribution in [-0.4, -0.2) is 16.1 Å². The number of hydrogen-bond acceptors (Lipinski definition) is 3. The normalized spacial score (nSPS) is 10.6. The summed E-state index contributed by atoms with van der Waals surface area (Å²) < 4.78 is 0. The molecule has 0 atom stereocenters. The van der Waals surface area contributed by atoms with Gasteiger partial charge >= 0.3 is 5.97 Å². The Balaban J connectivity index is 2.16. The Morgan fingerprint density at radius 2 is 1.85 bits per heavy atom. The molecule has 104 valence electrons. The van der Waals surface area contributed by atoms with E-state index in [0.717, 1.165) is 5.75 Å². The van der Waals surface area contributed by atoms with Crippen LogP contribution in [0.25, 0.3) is 0 Å². The molecule has 0 radical (unpaired) electrons. The second kappa shape index (κ2) is 6.29. The molecule has 0 unspecified atom stereocenters. The van der Waals surface area contributed by atoms with E-state index in [2.05, 4.69) is 37.0 Å². The first-order chi connectivity index (χ1) is 9.44. The van der Waals surface area contributed by atoms with Crippen molar-refractivity contribution in [1.82, 2.24) is 4.98 Å². The van der Waals surface area contributed by atoms with Gasteiger partial charge in [-0.15, -0.1) is 11.8 Å². The fraction of sp³-hybridized carbons (Fsp3) is 0.200. The molecule has 1 aromatic heterocycles. The average molecular weight is 308 g/mol. The van der Waals surface area contributed by atoms with Crippen LogP contribution in [0.5, 0.6) is 0 Å². The van der Waals surface area contributed by atoms with Gasteiger partial charge in [0.25, 0.3) is 0 Å². The number of nitrogens with zero attached hydrogens (tertiary/aromatic N) is 1. The summed E-state index contributed by atoms with van der Waals surface area (Å²) in [6.45, 7) is 4.11. The van der Waals surface area contributed by atoms with Crippen molar-refractivity contribution in [3.63, 3.8) is 0 Å². The summed E-state index contributed by atoms with van der Waals surface area (Å²) in [5.41, 5.74) is 3.77. The van der Waals surface area contributed by atoms with Gasteiger partial charge in [-0.2, -0.15) is 0 Å². The third kappa shape index (κ3) is 3.99. The lowest BCUT2D eigenvalue weighted by molar-refractivity contribution is 0.0696. The SMILES string of the molecule is Cc1cc(C)cc(CSc2cc(C(=O)O)cc(Cl)n2)c1. The van der Waals surface area contributed by atoms with Gasteiger partial charge in [0.05, 0.1) is 10.6 Å². The number of carboxylic acids is 1. The zero-order chi connectivity index (χ0) is 14.7. The van der Waals surface area contributed by atoms with Gasteiger partial charge in [-0.25, -0.2) is 9.78 Å². The van der Waals surface area contributed by atoms with Crippen LogP contribution in [0, 0.1) is 13.8 Å². The smallest absolute Gasteiger partial charge is 0.335 e. The number of aromatic nitrogens is 1. The van der Waals surface area contributed by atoms with Gasteiger partial charge in [0.1, 0.15) is 5.15 Å². The highest BCUT2D eigenvalue weighted by Gasteiger charge is 2.08.